The molecule has 0 fully saturated rings. The van der Waals surface area contributed by atoms with Crippen molar-refractivity contribution < 1.29 is 9.13 Å². The van der Waals surface area contributed by atoms with E-state index in [0.29, 0.717) is 5.75 Å². The number of halogens is 1. The lowest BCUT2D eigenvalue weighted by Gasteiger charge is -2.07. The summed E-state index contributed by atoms with van der Waals surface area (Å²) in [6.45, 7) is 7.01. The highest BCUT2D eigenvalue weighted by Crippen LogP contribution is 2.24. The predicted octanol–water partition coefficient (Wildman–Crippen LogP) is 7.07. The lowest BCUT2D eigenvalue weighted by molar-refractivity contribution is 0.480. The molecule has 0 aliphatic rings. The summed E-state index contributed by atoms with van der Waals surface area (Å²) in [6, 6.07) is 13.8. The minimum absolute atomic E-state index is 0.269. The molecule has 0 aromatic heterocycles. The molecule has 2 aromatic rings. The molecular formula is C23H26FNOS. The van der Waals surface area contributed by atoms with Gasteiger partial charge in [-0.25, -0.2) is 4.39 Å². The molecule has 0 heterocycles. The minimum Gasteiger partial charge on any atom is -0.457 e. The molecular weight excluding hydrogens is 357 g/mol. The third-order valence-corrected chi connectivity index (χ3v) is 4.58. The quantitative estimate of drug-likeness (QED) is 0.255. The largest absolute Gasteiger partial charge is 0.457 e. The fourth-order valence-corrected chi connectivity index (χ4v) is 2.97. The molecule has 0 aliphatic carbocycles. The van der Waals surface area contributed by atoms with E-state index in [-0.39, 0.29) is 5.82 Å². The molecule has 0 amide bonds. The van der Waals surface area contributed by atoms with Gasteiger partial charge in [0.25, 0.3) is 0 Å². The van der Waals surface area contributed by atoms with Crippen molar-refractivity contribution in [1.82, 2.24) is 4.72 Å². The average molecular weight is 384 g/mol. The third kappa shape index (κ3) is 8.76. The van der Waals surface area contributed by atoms with Gasteiger partial charge in [0, 0.05) is 11.4 Å². The van der Waals surface area contributed by atoms with Crippen molar-refractivity contribution in [3.05, 3.63) is 90.8 Å². The zero-order chi connectivity index (χ0) is 19.3. The van der Waals surface area contributed by atoms with E-state index in [2.05, 4.69) is 17.4 Å². The topological polar surface area (TPSA) is 21.3 Å². The van der Waals surface area contributed by atoms with Crippen molar-refractivity contribution in [3.8, 4) is 11.5 Å². The first kappa shape index (κ1) is 21.0. The molecule has 0 aliphatic heterocycles. The molecule has 0 saturated carbocycles. The Kier molecular flexibility index (Phi) is 9.45. The number of hydrogen-bond donors (Lipinski definition) is 1. The van der Waals surface area contributed by atoms with Crippen LogP contribution in [0.5, 0.6) is 11.5 Å². The van der Waals surface area contributed by atoms with Crippen LogP contribution in [0.15, 0.2) is 89.9 Å². The highest BCUT2D eigenvalue weighted by atomic mass is 32.2. The number of unbranched alkanes of at least 4 members (excludes halogenated alkanes) is 1. The Bertz CT molecular complexity index is 751. The number of ether oxygens (including phenoxy) is 1. The second-order valence-electron chi connectivity index (χ2n) is 6.02. The molecule has 0 spiro atoms. The van der Waals surface area contributed by atoms with Gasteiger partial charge >= 0.3 is 0 Å². The van der Waals surface area contributed by atoms with Crippen LogP contribution in [0.1, 0.15) is 26.2 Å². The van der Waals surface area contributed by atoms with Gasteiger partial charge in [0.15, 0.2) is 0 Å². The fraction of sp³-hybridized carbons (Fsp3) is 0.217. The SMILES string of the molecule is C=C(/C=C\C=C/C)CCCCNSc1ccc(Oc2ccc(F)cc2)cc1. The van der Waals surface area contributed by atoms with Crippen molar-refractivity contribution >= 4 is 11.9 Å². The molecule has 2 aromatic carbocycles. The lowest BCUT2D eigenvalue weighted by Crippen LogP contribution is -2.05. The van der Waals surface area contributed by atoms with Gasteiger partial charge in [-0.2, -0.15) is 0 Å². The normalized spacial score (nSPS) is 11.3. The van der Waals surface area contributed by atoms with Gasteiger partial charge in [0.2, 0.25) is 0 Å². The number of nitrogens with one attached hydrogen (secondary N) is 1. The van der Waals surface area contributed by atoms with Crippen molar-refractivity contribution in [2.75, 3.05) is 6.54 Å². The molecule has 2 rings (SSSR count). The number of hydrogen-bond acceptors (Lipinski definition) is 3. The van der Waals surface area contributed by atoms with Crippen molar-refractivity contribution in [3.63, 3.8) is 0 Å². The van der Waals surface area contributed by atoms with E-state index in [1.54, 1.807) is 24.1 Å². The molecule has 1 N–H and O–H groups in total. The van der Waals surface area contributed by atoms with Crippen LogP contribution < -0.4 is 9.46 Å². The van der Waals surface area contributed by atoms with Crippen molar-refractivity contribution in [2.24, 2.45) is 0 Å². The van der Waals surface area contributed by atoms with Crippen LogP contribution >= 0.6 is 11.9 Å². The Hall–Kier alpha value is -2.30. The van der Waals surface area contributed by atoms with E-state index in [4.69, 9.17) is 4.74 Å². The monoisotopic (exact) mass is 383 g/mol. The van der Waals surface area contributed by atoms with Gasteiger partial charge in [-0.05, 0) is 86.7 Å². The maximum Gasteiger partial charge on any atom is 0.127 e. The van der Waals surface area contributed by atoms with Gasteiger partial charge in [0.05, 0.1) is 0 Å². The summed E-state index contributed by atoms with van der Waals surface area (Å²) in [7, 11) is 0. The van der Waals surface area contributed by atoms with E-state index >= 15 is 0 Å². The average Bonchev–Trinajstić information content (AvgIpc) is 2.68. The van der Waals surface area contributed by atoms with E-state index in [1.807, 2.05) is 49.4 Å². The molecule has 0 unspecified atom stereocenters. The predicted molar refractivity (Wildman–Crippen MR) is 114 cm³/mol. The first-order valence-corrected chi connectivity index (χ1v) is 9.89. The maximum absolute atomic E-state index is 12.9. The molecule has 0 atom stereocenters. The van der Waals surface area contributed by atoms with Crippen LogP contribution in [0.3, 0.4) is 0 Å². The molecule has 0 bridgehead atoms. The molecule has 4 heteroatoms. The first-order chi connectivity index (χ1) is 13.2. The Morgan fingerprint density at radius 3 is 2.37 bits per heavy atom. The third-order valence-electron chi connectivity index (χ3n) is 3.73. The van der Waals surface area contributed by atoms with Crippen LogP contribution in [0.4, 0.5) is 4.39 Å². The molecule has 27 heavy (non-hydrogen) atoms. The van der Waals surface area contributed by atoms with Crippen LogP contribution in [0.25, 0.3) is 0 Å². The zero-order valence-corrected chi connectivity index (χ0v) is 16.5. The standard InChI is InChI=1S/C23H26FNOS/c1-3-4-5-8-19(2)9-6-7-18-25-27-23-16-14-22(15-17-23)26-21-12-10-20(24)11-13-21/h3-5,8,10-17,25H,2,6-7,9,18H2,1H3/b4-3-,8-5-. The van der Waals surface area contributed by atoms with E-state index in [9.17, 15) is 4.39 Å². The second-order valence-corrected chi connectivity index (χ2v) is 6.99. The van der Waals surface area contributed by atoms with Crippen LogP contribution in [0, 0.1) is 5.82 Å². The van der Waals surface area contributed by atoms with Gasteiger partial charge in [-0.3, -0.25) is 4.72 Å². The summed E-state index contributed by atoms with van der Waals surface area (Å²) in [5.74, 6) is 1.09. The second kappa shape index (κ2) is 12.2. The van der Waals surface area contributed by atoms with Crippen LogP contribution in [-0.4, -0.2) is 6.54 Å². The first-order valence-electron chi connectivity index (χ1n) is 9.07. The summed E-state index contributed by atoms with van der Waals surface area (Å²) in [5, 5.41) is 0. The summed E-state index contributed by atoms with van der Waals surface area (Å²) in [4.78, 5) is 1.13. The Morgan fingerprint density at radius 2 is 1.70 bits per heavy atom. The van der Waals surface area contributed by atoms with Crippen LogP contribution in [-0.2, 0) is 0 Å². The highest BCUT2D eigenvalue weighted by Gasteiger charge is 1.99. The Balaban J connectivity index is 1.62. The number of benzene rings is 2. The lowest BCUT2D eigenvalue weighted by atomic mass is 10.1. The maximum atomic E-state index is 12.9. The molecule has 142 valence electrons. The Labute approximate surface area is 166 Å². The Morgan fingerprint density at radius 1 is 1.04 bits per heavy atom. The molecule has 0 saturated heterocycles. The van der Waals surface area contributed by atoms with Gasteiger partial charge < -0.3 is 4.74 Å². The van der Waals surface area contributed by atoms with Crippen molar-refractivity contribution in [1.29, 1.82) is 0 Å². The van der Waals surface area contributed by atoms with Crippen LogP contribution in [0.2, 0.25) is 0 Å². The molecule has 0 radical (unpaired) electrons. The number of allylic oxidation sites excluding steroid dienone is 5. The van der Waals surface area contributed by atoms with Crippen molar-refractivity contribution in [2.45, 2.75) is 31.1 Å². The van der Waals surface area contributed by atoms with Gasteiger partial charge in [-0.15, -0.1) is 0 Å². The summed E-state index contributed by atoms with van der Waals surface area (Å²) >= 11 is 1.61. The summed E-state index contributed by atoms with van der Waals surface area (Å²) in [5.41, 5.74) is 1.16. The molecule has 2 nitrogen and oxygen atoms in total. The van der Waals surface area contributed by atoms with E-state index in [0.717, 1.165) is 42.0 Å². The van der Waals surface area contributed by atoms with E-state index < -0.39 is 0 Å². The highest BCUT2D eigenvalue weighted by molar-refractivity contribution is 7.97. The minimum atomic E-state index is -0.269. The van der Waals surface area contributed by atoms with E-state index in [1.165, 1.54) is 12.1 Å². The number of rotatable bonds is 11. The van der Waals surface area contributed by atoms with Gasteiger partial charge in [0.1, 0.15) is 17.3 Å². The van der Waals surface area contributed by atoms with Gasteiger partial charge in [-0.1, -0.05) is 36.5 Å². The summed E-state index contributed by atoms with van der Waals surface area (Å²) < 4.78 is 22.0. The smallest absolute Gasteiger partial charge is 0.127 e. The fourth-order valence-electron chi connectivity index (χ4n) is 2.28. The zero-order valence-electron chi connectivity index (χ0n) is 15.7. The summed E-state index contributed by atoms with van der Waals surface area (Å²) in [6.07, 6.45) is 11.4.